The summed E-state index contributed by atoms with van der Waals surface area (Å²) in [4.78, 5) is 25.6. The second kappa shape index (κ2) is 7.41. The number of hydrogen-bond donors (Lipinski definition) is 1. The minimum atomic E-state index is -0.330. The summed E-state index contributed by atoms with van der Waals surface area (Å²) in [6.45, 7) is 2.13. The van der Waals surface area contributed by atoms with Crippen molar-refractivity contribution in [3.05, 3.63) is 81.8 Å². The third-order valence-corrected chi connectivity index (χ3v) is 4.35. The first-order chi connectivity index (χ1) is 12.5. The van der Waals surface area contributed by atoms with Gasteiger partial charge < -0.3 is 10.1 Å². The second-order valence-corrected chi connectivity index (χ2v) is 5.98. The van der Waals surface area contributed by atoms with Gasteiger partial charge in [0.1, 0.15) is 5.69 Å². The second-order valence-electron chi connectivity index (χ2n) is 5.98. The normalized spacial score (nSPS) is 10.7. The summed E-state index contributed by atoms with van der Waals surface area (Å²) in [6, 6.07) is 16.5. The van der Waals surface area contributed by atoms with Gasteiger partial charge in [-0.15, -0.1) is 0 Å². The monoisotopic (exact) mass is 351 g/mol. The predicted molar refractivity (Wildman–Crippen MR) is 101 cm³/mol. The van der Waals surface area contributed by atoms with Gasteiger partial charge in [0, 0.05) is 19.7 Å². The van der Waals surface area contributed by atoms with Crippen molar-refractivity contribution in [2.45, 2.75) is 13.5 Å². The van der Waals surface area contributed by atoms with E-state index in [-0.39, 0.29) is 17.2 Å². The maximum atomic E-state index is 12.9. The van der Waals surface area contributed by atoms with Crippen molar-refractivity contribution < 1.29 is 9.53 Å². The molecule has 134 valence electrons. The molecule has 3 aromatic rings. The molecular weight excluding hydrogens is 330 g/mol. The van der Waals surface area contributed by atoms with Crippen molar-refractivity contribution in [1.29, 1.82) is 0 Å². The largest absolute Gasteiger partial charge is 0.380 e. The number of aromatic nitrogens is 2. The summed E-state index contributed by atoms with van der Waals surface area (Å²) < 4.78 is 8.41. The van der Waals surface area contributed by atoms with Crippen LogP contribution in [0.3, 0.4) is 0 Å². The first-order valence-corrected chi connectivity index (χ1v) is 8.26. The molecule has 0 aliphatic carbocycles. The molecule has 0 saturated heterocycles. The number of nitrogens with zero attached hydrogens (tertiary/aromatic N) is 2. The molecule has 1 aromatic heterocycles. The van der Waals surface area contributed by atoms with Crippen molar-refractivity contribution in [2.75, 3.05) is 12.4 Å². The van der Waals surface area contributed by atoms with Gasteiger partial charge in [-0.3, -0.25) is 14.3 Å². The van der Waals surface area contributed by atoms with Crippen LogP contribution < -0.4 is 10.9 Å². The van der Waals surface area contributed by atoms with Gasteiger partial charge >= 0.3 is 0 Å². The highest BCUT2D eigenvalue weighted by Gasteiger charge is 2.19. The van der Waals surface area contributed by atoms with Crippen LogP contribution >= 0.6 is 0 Å². The highest BCUT2D eigenvalue weighted by molar-refractivity contribution is 6.05. The number of hydrogen-bond acceptors (Lipinski definition) is 3. The van der Waals surface area contributed by atoms with Crippen molar-refractivity contribution in [3.8, 4) is 5.69 Å². The Balaban J connectivity index is 1.99. The number of ether oxygens (including phenoxy) is 1. The van der Waals surface area contributed by atoms with E-state index in [4.69, 9.17) is 4.74 Å². The third-order valence-electron chi connectivity index (χ3n) is 4.35. The molecule has 1 amide bonds. The topological polar surface area (TPSA) is 65.3 Å². The molecule has 2 aromatic carbocycles. The molecule has 6 nitrogen and oxygen atoms in total. The number of benzene rings is 2. The minimum absolute atomic E-state index is 0.270. The maximum absolute atomic E-state index is 12.9. The summed E-state index contributed by atoms with van der Waals surface area (Å²) in [5.41, 5.74) is 2.68. The molecule has 0 bridgehead atoms. The van der Waals surface area contributed by atoms with E-state index in [2.05, 4.69) is 5.32 Å². The van der Waals surface area contributed by atoms with Crippen LogP contribution in [0.4, 0.5) is 5.69 Å². The van der Waals surface area contributed by atoms with Gasteiger partial charge in [0.05, 0.1) is 18.0 Å². The average molecular weight is 351 g/mol. The standard InChI is InChI=1S/C20H21N3O3/c1-14-18(20(25)23(22(14)2)16-10-5-4-6-11-16)21-19(24)17-12-8-7-9-15(17)13-26-3/h4-12H,13H2,1-3H3,(H,21,24). The van der Waals surface area contributed by atoms with Gasteiger partial charge in [0.15, 0.2) is 0 Å². The Morgan fingerprint density at radius 1 is 1.08 bits per heavy atom. The quantitative estimate of drug-likeness (QED) is 0.769. The Kier molecular flexibility index (Phi) is 5.04. The molecule has 0 unspecified atom stereocenters. The molecule has 26 heavy (non-hydrogen) atoms. The molecule has 0 saturated carbocycles. The first kappa shape index (κ1) is 17.7. The number of methoxy groups -OCH3 is 1. The Morgan fingerprint density at radius 2 is 1.73 bits per heavy atom. The summed E-state index contributed by atoms with van der Waals surface area (Å²) in [5, 5.41) is 2.78. The third kappa shape index (κ3) is 3.19. The summed E-state index contributed by atoms with van der Waals surface area (Å²) in [7, 11) is 3.37. The smallest absolute Gasteiger partial charge is 0.295 e. The van der Waals surface area contributed by atoms with E-state index in [1.807, 2.05) is 42.5 Å². The Bertz CT molecular complexity index is 987. The van der Waals surface area contributed by atoms with E-state index in [9.17, 15) is 9.59 Å². The van der Waals surface area contributed by atoms with E-state index in [0.717, 1.165) is 11.3 Å². The van der Waals surface area contributed by atoms with Crippen molar-refractivity contribution >= 4 is 11.6 Å². The van der Waals surface area contributed by atoms with E-state index >= 15 is 0 Å². The van der Waals surface area contributed by atoms with Gasteiger partial charge in [-0.2, -0.15) is 0 Å². The van der Waals surface area contributed by atoms with Crippen LogP contribution in [0.2, 0.25) is 0 Å². The number of carbonyl (C=O) groups excluding carboxylic acids is 1. The van der Waals surface area contributed by atoms with Gasteiger partial charge in [-0.1, -0.05) is 36.4 Å². The molecule has 0 aliphatic rings. The summed E-state index contributed by atoms with van der Waals surface area (Å²) >= 11 is 0. The van der Waals surface area contributed by atoms with E-state index < -0.39 is 0 Å². The molecule has 0 fully saturated rings. The lowest BCUT2D eigenvalue weighted by Gasteiger charge is -2.09. The average Bonchev–Trinajstić information content (AvgIpc) is 2.86. The number of nitrogens with one attached hydrogen (secondary N) is 1. The molecule has 0 aliphatic heterocycles. The first-order valence-electron chi connectivity index (χ1n) is 8.26. The van der Waals surface area contributed by atoms with E-state index in [1.54, 1.807) is 37.9 Å². The number of rotatable bonds is 5. The van der Waals surface area contributed by atoms with Crippen molar-refractivity contribution in [1.82, 2.24) is 9.36 Å². The molecular formula is C20H21N3O3. The van der Waals surface area contributed by atoms with Crippen LogP contribution in [-0.4, -0.2) is 22.4 Å². The van der Waals surface area contributed by atoms with Crippen molar-refractivity contribution in [2.24, 2.45) is 7.05 Å². The van der Waals surface area contributed by atoms with Gasteiger partial charge in [-0.25, -0.2) is 4.68 Å². The minimum Gasteiger partial charge on any atom is -0.380 e. The molecule has 1 N–H and O–H groups in total. The zero-order chi connectivity index (χ0) is 18.7. The van der Waals surface area contributed by atoms with Crippen LogP contribution in [0.5, 0.6) is 0 Å². The van der Waals surface area contributed by atoms with E-state index in [1.165, 1.54) is 4.68 Å². The van der Waals surface area contributed by atoms with Crippen LogP contribution in [0.1, 0.15) is 21.6 Å². The number of amides is 1. The lowest BCUT2D eigenvalue weighted by Crippen LogP contribution is -2.23. The predicted octanol–water partition coefficient (Wildman–Crippen LogP) is 2.88. The fraction of sp³-hybridized carbons (Fsp3) is 0.200. The number of carbonyl (C=O) groups is 1. The number of anilines is 1. The number of para-hydroxylation sites is 1. The lowest BCUT2D eigenvalue weighted by atomic mass is 10.1. The summed E-state index contributed by atoms with van der Waals surface area (Å²) in [6.07, 6.45) is 0. The Morgan fingerprint density at radius 3 is 2.42 bits per heavy atom. The van der Waals surface area contributed by atoms with Gasteiger partial charge in [0.2, 0.25) is 0 Å². The van der Waals surface area contributed by atoms with E-state index in [0.29, 0.717) is 17.9 Å². The lowest BCUT2D eigenvalue weighted by molar-refractivity contribution is 0.102. The van der Waals surface area contributed by atoms with Crippen LogP contribution in [0.15, 0.2) is 59.4 Å². The van der Waals surface area contributed by atoms with Crippen LogP contribution in [0, 0.1) is 6.92 Å². The van der Waals surface area contributed by atoms with Gasteiger partial charge in [-0.05, 0) is 30.7 Å². The van der Waals surface area contributed by atoms with Crippen LogP contribution in [0.25, 0.3) is 5.69 Å². The van der Waals surface area contributed by atoms with Crippen molar-refractivity contribution in [3.63, 3.8) is 0 Å². The molecule has 6 heteroatoms. The Hall–Kier alpha value is -3.12. The van der Waals surface area contributed by atoms with Gasteiger partial charge in [0.25, 0.3) is 11.5 Å². The highest BCUT2D eigenvalue weighted by Crippen LogP contribution is 2.17. The fourth-order valence-corrected chi connectivity index (χ4v) is 2.92. The fourth-order valence-electron chi connectivity index (χ4n) is 2.92. The summed E-state index contributed by atoms with van der Waals surface area (Å²) in [5.74, 6) is -0.330. The molecule has 3 rings (SSSR count). The zero-order valence-corrected chi connectivity index (χ0v) is 15.0. The SMILES string of the molecule is COCc1ccccc1C(=O)Nc1c(C)n(C)n(-c2ccccc2)c1=O. The molecule has 0 atom stereocenters. The maximum Gasteiger partial charge on any atom is 0.295 e. The Labute approximate surface area is 151 Å². The molecule has 1 heterocycles. The van der Waals surface area contributed by atoms with Crippen LogP contribution in [-0.2, 0) is 18.4 Å². The molecule has 0 spiro atoms. The molecule has 0 radical (unpaired) electrons. The zero-order valence-electron chi connectivity index (χ0n) is 15.0. The highest BCUT2D eigenvalue weighted by atomic mass is 16.5.